The summed E-state index contributed by atoms with van der Waals surface area (Å²) < 4.78 is 18.3. The molecule has 140 valence electrons. The summed E-state index contributed by atoms with van der Waals surface area (Å²) >= 11 is 0. The summed E-state index contributed by atoms with van der Waals surface area (Å²) in [6.07, 6.45) is 4.61. The molecule has 5 heteroatoms. The Bertz CT molecular complexity index is 862. The maximum atomic E-state index is 13.1. The highest BCUT2D eigenvalue weighted by atomic mass is 19.1. The molecule has 0 heterocycles. The van der Waals surface area contributed by atoms with Gasteiger partial charge in [0.25, 0.3) is 5.91 Å². The van der Waals surface area contributed by atoms with Crippen LogP contribution in [0.5, 0.6) is 0 Å². The van der Waals surface area contributed by atoms with E-state index in [-0.39, 0.29) is 17.8 Å². The van der Waals surface area contributed by atoms with Crippen LogP contribution in [0.2, 0.25) is 0 Å². The molecule has 0 bridgehead atoms. The number of nitrogens with one attached hydrogen (secondary N) is 1. The first-order valence-electron chi connectivity index (χ1n) is 9.05. The number of esters is 1. The minimum atomic E-state index is -0.913. The molecular formula is C22H22FNO3. The summed E-state index contributed by atoms with van der Waals surface area (Å²) in [4.78, 5) is 24.3. The fourth-order valence-electron chi connectivity index (χ4n) is 3.23. The molecule has 4 nitrogen and oxygen atoms in total. The molecule has 0 unspecified atom stereocenters. The third kappa shape index (κ3) is 5.03. The maximum absolute atomic E-state index is 13.1. The second-order valence-electron chi connectivity index (χ2n) is 6.62. The van der Waals surface area contributed by atoms with E-state index in [0.717, 1.165) is 24.8 Å². The van der Waals surface area contributed by atoms with Gasteiger partial charge in [-0.2, -0.15) is 0 Å². The molecule has 27 heavy (non-hydrogen) atoms. The van der Waals surface area contributed by atoms with Crippen LogP contribution in [0.3, 0.4) is 0 Å². The predicted octanol–water partition coefficient (Wildman–Crippen LogP) is 3.96. The van der Waals surface area contributed by atoms with Crippen molar-refractivity contribution in [1.29, 1.82) is 0 Å². The van der Waals surface area contributed by atoms with E-state index in [4.69, 9.17) is 4.74 Å². The van der Waals surface area contributed by atoms with Gasteiger partial charge >= 0.3 is 5.97 Å². The van der Waals surface area contributed by atoms with Crippen molar-refractivity contribution in [2.45, 2.75) is 38.3 Å². The normalized spacial score (nSPS) is 17.2. The van der Waals surface area contributed by atoms with Gasteiger partial charge in [-0.1, -0.05) is 36.4 Å². The van der Waals surface area contributed by atoms with Crippen LogP contribution < -0.4 is 5.32 Å². The zero-order valence-corrected chi connectivity index (χ0v) is 15.2. The Balaban J connectivity index is 1.56. The second kappa shape index (κ2) is 8.62. The average molecular weight is 367 g/mol. The number of halogens is 1. The Morgan fingerprint density at radius 1 is 1.22 bits per heavy atom. The van der Waals surface area contributed by atoms with Crippen LogP contribution in [-0.4, -0.2) is 18.0 Å². The van der Waals surface area contributed by atoms with Gasteiger partial charge in [-0.3, -0.25) is 4.79 Å². The van der Waals surface area contributed by atoms with Gasteiger partial charge in [-0.25, -0.2) is 9.18 Å². The van der Waals surface area contributed by atoms with Gasteiger partial charge in [0.2, 0.25) is 0 Å². The summed E-state index contributed by atoms with van der Waals surface area (Å²) in [5.41, 5.74) is 2.92. The van der Waals surface area contributed by atoms with Crippen molar-refractivity contribution in [3.05, 3.63) is 77.1 Å². The molecule has 1 aliphatic carbocycles. The average Bonchev–Trinajstić information content (AvgIpc) is 2.66. The van der Waals surface area contributed by atoms with Gasteiger partial charge in [0.1, 0.15) is 5.82 Å². The highest BCUT2D eigenvalue weighted by molar-refractivity contribution is 5.90. The van der Waals surface area contributed by atoms with Crippen LogP contribution in [0.1, 0.15) is 42.5 Å². The molecule has 0 aliphatic heterocycles. The number of rotatable bonds is 5. The zero-order valence-electron chi connectivity index (χ0n) is 15.2. The molecule has 0 radical (unpaired) electrons. The fourth-order valence-corrected chi connectivity index (χ4v) is 3.23. The smallest absolute Gasteiger partial charge is 0.331 e. The van der Waals surface area contributed by atoms with Crippen molar-refractivity contribution in [3.8, 4) is 0 Å². The van der Waals surface area contributed by atoms with E-state index in [9.17, 15) is 14.0 Å². The first-order chi connectivity index (χ1) is 13.0. The first-order valence-corrected chi connectivity index (χ1v) is 9.05. The molecule has 0 saturated carbocycles. The third-order valence-corrected chi connectivity index (χ3v) is 4.61. The minimum Gasteiger partial charge on any atom is -0.449 e. The molecule has 1 aliphatic rings. The first kappa shape index (κ1) is 18.8. The van der Waals surface area contributed by atoms with Gasteiger partial charge in [-0.05, 0) is 61.1 Å². The molecule has 3 rings (SSSR count). The van der Waals surface area contributed by atoms with Crippen LogP contribution in [0, 0.1) is 5.82 Å². The van der Waals surface area contributed by atoms with Crippen LogP contribution in [0.15, 0.2) is 54.6 Å². The molecular weight excluding hydrogens is 345 g/mol. The second-order valence-corrected chi connectivity index (χ2v) is 6.62. The van der Waals surface area contributed by atoms with E-state index in [1.165, 1.54) is 36.8 Å². The van der Waals surface area contributed by atoms with Gasteiger partial charge < -0.3 is 10.1 Å². The fraction of sp³-hybridized carbons (Fsp3) is 0.273. The van der Waals surface area contributed by atoms with E-state index >= 15 is 0 Å². The number of aryl methyl sites for hydroxylation is 1. The topological polar surface area (TPSA) is 55.4 Å². The molecule has 1 N–H and O–H groups in total. The molecule has 0 spiro atoms. The molecule has 0 aromatic heterocycles. The quantitative estimate of drug-likeness (QED) is 0.643. The largest absolute Gasteiger partial charge is 0.449 e. The van der Waals surface area contributed by atoms with Gasteiger partial charge in [0.05, 0.1) is 6.04 Å². The molecule has 2 aromatic rings. The van der Waals surface area contributed by atoms with Gasteiger partial charge in [0, 0.05) is 6.08 Å². The van der Waals surface area contributed by atoms with Crippen LogP contribution in [0.4, 0.5) is 4.39 Å². The van der Waals surface area contributed by atoms with Crippen LogP contribution in [0.25, 0.3) is 6.08 Å². The Labute approximate surface area is 158 Å². The molecule has 2 atom stereocenters. The molecule has 1 amide bonds. The zero-order chi connectivity index (χ0) is 19.2. The van der Waals surface area contributed by atoms with Gasteiger partial charge in [0.15, 0.2) is 6.10 Å². The Morgan fingerprint density at radius 3 is 2.85 bits per heavy atom. The van der Waals surface area contributed by atoms with Crippen molar-refractivity contribution < 1.29 is 18.7 Å². The summed E-state index contributed by atoms with van der Waals surface area (Å²) in [7, 11) is 0. The van der Waals surface area contributed by atoms with E-state index in [2.05, 4.69) is 11.4 Å². The molecule has 2 aromatic carbocycles. The number of amides is 1. The van der Waals surface area contributed by atoms with E-state index in [0.29, 0.717) is 5.56 Å². The van der Waals surface area contributed by atoms with E-state index in [1.807, 2.05) is 18.2 Å². The van der Waals surface area contributed by atoms with Crippen LogP contribution >= 0.6 is 0 Å². The number of hydrogen-bond donors (Lipinski definition) is 1. The molecule has 0 saturated heterocycles. The van der Waals surface area contributed by atoms with E-state index in [1.54, 1.807) is 12.1 Å². The number of hydrogen-bond acceptors (Lipinski definition) is 3. The van der Waals surface area contributed by atoms with Crippen molar-refractivity contribution >= 4 is 18.0 Å². The standard InChI is InChI=1S/C22H22FNO3/c1-15(27-21(25)13-12-16-6-4-9-18(23)14-16)22(26)24-20-11-5-8-17-7-2-3-10-19(17)20/h2-4,6-7,9-10,12-15,20H,5,8,11H2,1H3,(H,24,26)/b13-12+/t15-,20+/m0/s1. The Kier molecular flexibility index (Phi) is 6.01. The lowest BCUT2D eigenvalue weighted by Gasteiger charge is -2.27. The Hall–Kier alpha value is -2.95. The van der Waals surface area contributed by atoms with Gasteiger partial charge in [-0.15, -0.1) is 0 Å². The summed E-state index contributed by atoms with van der Waals surface area (Å²) in [5.74, 6) is -1.36. The number of carbonyl (C=O) groups is 2. The lowest BCUT2D eigenvalue weighted by molar-refractivity contribution is -0.150. The minimum absolute atomic E-state index is 0.0635. The number of ether oxygens (including phenoxy) is 1. The predicted molar refractivity (Wildman–Crippen MR) is 101 cm³/mol. The monoisotopic (exact) mass is 367 g/mol. The lowest BCUT2D eigenvalue weighted by Crippen LogP contribution is -2.39. The highest BCUT2D eigenvalue weighted by Crippen LogP contribution is 2.29. The summed E-state index contributed by atoms with van der Waals surface area (Å²) in [5, 5.41) is 2.97. The van der Waals surface area contributed by atoms with Crippen molar-refractivity contribution in [2.24, 2.45) is 0 Å². The number of benzene rings is 2. The Morgan fingerprint density at radius 2 is 2.04 bits per heavy atom. The van der Waals surface area contributed by atoms with Crippen molar-refractivity contribution in [2.75, 3.05) is 0 Å². The third-order valence-electron chi connectivity index (χ3n) is 4.61. The van der Waals surface area contributed by atoms with E-state index < -0.39 is 12.1 Å². The lowest BCUT2D eigenvalue weighted by atomic mass is 9.87. The summed E-state index contributed by atoms with van der Waals surface area (Å²) in [6, 6.07) is 13.9. The maximum Gasteiger partial charge on any atom is 0.331 e. The van der Waals surface area contributed by atoms with Crippen molar-refractivity contribution in [1.82, 2.24) is 5.32 Å². The van der Waals surface area contributed by atoms with Crippen LogP contribution in [-0.2, 0) is 20.7 Å². The van der Waals surface area contributed by atoms with Crippen molar-refractivity contribution in [3.63, 3.8) is 0 Å². The highest BCUT2D eigenvalue weighted by Gasteiger charge is 2.24. The number of carbonyl (C=O) groups excluding carboxylic acids is 2. The molecule has 0 fully saturated rings. The SMILES string of the molecule is C[C@H](OC(=O)/C=C/c1cccc(F)c1)C(=O)N[C@@H]1CCCc2ccccc21. The summed E-state index contributed by atoms with van der Waals surface area (Å²) in [6.45, 7) is 1.54. The number of fused-ring (bicyclic) bond motifs is 1.